The lowest BCUT2D eigenvalue weighted by Gasteiger charge is -2.24. The largest absolute Gasteiger partial charge is 0.326 e. The molecule has 1 atom stereocenters. The number of nitrogens with one attached hydrogen (secondary N) is 1. The summed E-state index contributed by atoms with van der Waals surface area (Å²) in [6.07, 6.45) is 0.831. The van der Waals surface area contributed by atoms with Crippen LogP contribution in [0.3, 0.4) is 0 Å². The van der Waals surface area contributed by atoms with Gasteiger partial charge in [-0.2, -0.15) is 0 Å². The molecule has 1 saturated heterocycles. The molecule has 0 radical (unpaired) electrons. The van der Waals surface area contributed by atoms with Gasteiger partial charge in [0.05, 0.1) is 5.75 Å². The van der Waals surface area contributed by atoms with Crippen LogP contribution in [0.15, 0.2) is 83.3 Å². The van der Waals surface area contributed by atoms with Crippen molar-refractivity contribution in [3.8, 4) is 0 Å². The molecule has 1 aliphatic rings. The molecule has 0 spiro atoms. The topological polar surface area (TPSA) is 49.4 Å². The minimum Gasteiger partial charge on any atom is -0.326 e. The van der Waals surface area contributed by atoms with E-state index in [1.165, 1.54) is 5.56 Å². The highest BCUT2D eigenvalue weighted by Gasteiger charge is 2.32. The van der Waals surface area contributed by atoms with E-state index in [0.29, 0.717) is 17.9 Å². The Bertz CT molecular complexity index is 1020. The Labute approximate surface area is 188 Å². The number of anilines is 1. The van der Waals surface area contributed by atoms with E-state index in [1.807, 2.05) is 71.6 Å². The number of nitrogens with zero attached hydrogens (tertiary/aromatic N) is 1. The molecule has 1 fully saturated rings. The Kier molecular flexibility index (Phi) is 6.55. The van der Waals surface area contributed by atoms with E-state index in [2.05, 4.69) is 33.4 Å². The first-order valence-corrected chi connectivity index (χ1v) is 11.6. The number of carbonyl (C=O) groups is 2. The molecule has 4 rings (SSSR count). The fourth-order valence-corrected chi connectivity index (χ4v) is 4.88. The molecule has 0 aliphatic carbocycles. The van der Waals surface area contributed by atoms with Gasteiger partial charge in [-0.25, -0.2) is 0 Å². The van der Waals surface area contributed by atoms with Gasteiger partial charge in [0.1, 0.15) is 5.37 Å². The van der Waals surface area contributed by atoms with Gasteiger partial charge in [-0.3, -0.25) is 9.59 Å². The maximum Gasteiger partial charge on any atom is 0.255 e. The SMILES string of the molecule is O=C(Nc1ccc(Br)cc1)c1ccc([C@@H]2SCC(=O)N2CCc2ccccc2)cc1. The van der Waals surface area contributed by atoms with Crippen LogP contribution in [0.4, 0.5) is 5.69 Å². The van der Waals surface area contributed by atoms with E-state index in [0.717, 1.165) is 22.1 Å². The zero-order valence-electron chi connectivity index (χ0n) is 16.3. The normalized spacial score (nSPS) is 16.0. The van der Waals surface area contributed by atoms with Crippen LogP contribution in [0.2, 0.25) is 0 Å². The first kappa shape index (κ1) is 20.7. The average Bonchev–Trinajstić information content (AvgIpc) is 3.15. The molecule has 1 N–H and O–H groups in total. The second-order valence-corrected chi connectivity index (χ2v) is 9.05. The van der Waals surface area contributed by atoms with Gasteiger partial charge >= 0.3 is 0 Å². The monoisotopic (exact) mass is 480 g/mol. The molecule has 3 aromatic rings. The highest BCUT2D eigenvalue weighted by atomic mass is 79.9. The fourth-order valence-electron chi connectivity index (χ4n) is 3.40. The number of halogens is 1. The molecule has 4 nitrogen and oxygen atoms in total. The van der Waals surface area contributed by atoms with Gasteiger partial charge in [-0.15, -0.1) is 11.8 Å². The van der Waals surface area contributed by atoms with Crippen molar-refractivity contribution in [1.29, 1.82) is 0 Å². The van der Waals surface area contributed by atoms with E-state index < -0.39 is 0 Å². The Morgan fingerprint density at radius 1 is 1.00 bits per heavy atom. The van der Waals surface area contributed by atoms with E-state index in [9.17, 15) is 9.59 Å². The highest BCUT2D eigenvalue weighted by molar-refractivity contribution is 9.10. The molecule has 0 unspecified atom stereocenters. The van der Waals surface area contributed by atoms with Crippen molar-refractivity contribution in [2.75, 3.05) is 17.6 Å². The number of rotatable bonds is 6. The molecule has 0 bridgehead atoms. The van der Waals surface area contributed by atoms with Gasteiger partial charge < -0.3 is 10.2 Å². The summed E-state index contributed by atoms with van der Waals surface area (Å²) >= 11 is 5.02. The van der Waals surface area contributed by atoms with Gasteiger partial charge in [0.25, 0.3) is 5.91 Å². The molecule has 152 valence electrons. The van der Waals surface area contributed by atoms with E-state index in [4.69, 9.17) is 0 Å². The van der Waals surface area contributed by atoms with Gasteiger partial charge in [-0.05, 0) is 53.9 Å². The summed E-state index contributed by atoms with van der Waals surface area (Å²) in [6, 6.07) is 25.2. The van der Waals surface area contributed by atoms with Gasteiger partial charge in [0.2, 0.25) is 5.91 Å². The zero-order chi connectivity index (χ0) is 20.9. The number of amides is 2. The second kappa shape index (κ2) is 9.49. The van der Waals surface area contributed by atoms with E-state index in [-0.39, 0.29) is 17.2 Å². The number of hydrogen-bond donors (Lipinski definition) is 1. The summed E-state index contributed by atoms with van der Waals surface area (Å²) in [4.78, 5) is 26.9. The third-order valence-corrected chi connectivity index (χ3v) is 6.80. The molecule has 1 heterocycles. The van der Waals surface area contributed by atoms with Crippen molar-refractivity contribution in [3.63, 3.8) is 0 Å². The van der Waals surface area contributed by atoms with Crippen LogP contribution >= 0.6 is 27.7 Å². The predicted molar refractivity (Wildman–Crippen MR) is 126 cm³/mol. The number of hydrogen-bond acceptors (Lipinski definition) is 3. The third kappa shape index (κ3) is 4.94. The first-order chi connectivity index (χ1) is 14.6. The maximum absolute atomic E-state index is 12.5. The summed E-state index contributed by atoms with van der Waals surface area (Å²) in [5.41, 5.74) is 3.60. The van der Waals surface area contributed by atoms with Crippen LogP contribution < -0.4 is 5.32 Å². The van der Waals surface area contributed by atoms with Crippen LogP contribution in [0.1, 0.15) is 26.9 Å². The van der Waals surface area contributed by atoms with Crippen LogP contribution in [0.25, 0.3) is 0 Å². The molecule has 30 heavy (non-hydrogen) atoms. The minimum atomic E-state index is -0.153. The Morgan fingerprint density at radius 2 is 1.70 bits per heavy atom. The lowest BCUT2D eigenvalue weighted by molar-refractivity contribution is -0.128. The standard InChI is InChI=1S/C24H21BrN2O2S/c25-20-10-12-21(13-11-20)26-23(29)18-6-8-19(9-7-18)24-27(22(28)16-30-24)15-14-17-4-2-1-3-5-17/h1-13,24H,14-16H2,(H,26,29)/t24-/m0/s1. The summed E-state index contributed by atoms with van der Waals surface area (Å²) in [6.45, 7) is 0.687. The van der Waals surface area contributed by atoms with Crippen LogP contribution in [0, 0.1) is 0 Å². The molecular formula is C24H21BrN2O2S. The molecular weight excluding hydrogens is 460 g/mol. The Morgan fingerprint density at radius 3 is 2.40 bits per heavy atom. The summed E-state index contributed by atoms with van der Waals surface area (Å²) in [7, 11) is 0. The Hall–Kier alpha value is -2.57. The predicted octanol–water partition coefficient (Wildman–Crippen LogP) is 5.52. The zero-order valence-corrected chi connectivity index (χ0v) is 18.7. The van der Waals surface area contributed by atoms with Crippen LogP contribution in [0.5, 0.6) is 0 Å². The van der Waals surface area contributed by atoms with Crippen molar-refractivity contribution in [2.24, 2.45) is 0 Å². The lowest BCUT2D eigenvalue weighted by Crippen LogP contribution is -2.30. The molecule has 3 aromatic carbocycles. The number of thioether (sulfide) groups is 1. The molecule has 6 heteroatoms. The minimum absolute atomic E-state index is 0.00945. The fraction of sp³-hybridized carbons (Fsp3) is 0.167. The van der Waals surface area contributed by atoms with Crippen LogP contribution in [-0.4, -0.2) is 29.0 Å². The smallest absolute Gasteiger partial charge is 0.255 e. The number of carbonyl (C=O) groups excluding carboxylic acids is 2. The van der Waals surface area contributed by atoms with E-state index >= 15 is 0 Å². The summed E-state index contributed by atoms with van der Waals surface area (Å²) < 4.78 is 0.963. The summed E-state index contributed by atoms with van der Waals surface area (Å²) in [5, 5.41) is 2.89. The molecule has 0 saturated carbocycles. The molecule has 1 aliphatic heterocycles. The summed E-state index contributed by atoms with van der Waals surface area (Å²) in [5.74, 6) is 0.503. The van der Waals surface area contributed by atoms with Crippen molar-refractivity contribution in [3.05, 3.63) is 100 Å². The first-order valence-electron chi connectivity index (χ1n) is 9.72. The average molecular weight is 481 g/mol. The number of benzene rings is 3. The lowest BCUT2D eigenvalue weighted by atomic mass is 10.1. The van der Waals surface area contributed by atoms with Gasteiger partial charge in [0.15, 0.2) is 0 Å². The van der Waals surface area contributed by atoms with Crippen LogP contribution in [-0.2, 0) is 11.2 Å². The van der Waals surface area contributed by atoms with Gasteiger partial charge in [-0.1, -0.05) is 58.4 Å². The van der Waals surface area contributed by atoms with Crippen molar-refractivity contribution < 1.29 is 9.59 Å². The van der Waals surface area contributed by atoms with Crippen molar-refractivity contribution >= 4 is 45.2 Å². The van der Waals surface area contributed by atoms with Gasteiger partial charge in [0, 0.05) is 22.3 Å². The van der Waals surface area contributed by atoms with E-state index in [1.54, 1.807) is 11.8 Å². The highest BCUT2D eigenvalue weighted by Crippen LogP contribution is 2.38. The maximum atomic E-state index is 12.5. The van der Waals surface area contributed by atoms with Crippen molar-refractivity contribution in [2.45, 2.75) is 11.8 Å². The Balaban J connectivity index is 1.42. The molecule has 2 amide bonds. The second-order valence-electron chi connectivity index (χ2n) is 7.07. The quantitative estimate of drug-likeness (QED) is 0.505. The van der Waals surface area contributed by atoms with Crippen molar-refractivity contribution in [1.82, 2.24) is 4.90 Å². The third-order valence-electron chi connectivity index (χ3n) is 5.01. The molecule has 0 aromatic heterocycles.